The fourth-order valence-corrected chi connectivity index (χ4v) is 3.25. The number of aromatic nitrogens is 2. The van der Waals surface area contributed by atoms with Crippen molar-refractivity contribution in [3.05, 3.63) is 69.6 Å². The number of carbonyl (C=O) groups excluding carboxylic acids is 1. The lowest BCUT2D eigenvalue weighted by Gasteiger charge is -2.26. The molecule has 0 saturated carbocycles. The predicted molar refractivity (Wildman–Crippen MR) is 100.0 cm³/mol. The van der Waals surface area contributed by atoms with Gasteiger partial charge < -0.3 is 19.7 Å². The number of hydrogen-bond acceptors (Lipinski definition) is 5. The minimum absolute atomic E-state index is 0.211. The summed E-state index contributed by atoms with van der Waals surface area (Å²) in [7, 11) is 0. The largest absolute Gasteiger partial charge is 0.505 e. The van der Waals surface area contributed by atoms with Crippen molar-refractivity contribution in [3.63, 3.8) is 0 Å². The first-order valence-corrected chi connectivity index (χ1v) is 8.78. The molecule has 27 heavy (non-hydrogen) atoms. The molecule has 0 spiro atoms. The minimum atomic E-state index is -0.616. The number of aromatic hydroxyl groups is 1. The Bertz CT molecular complexity index is 1040. The highest BCUT2D eigenvalue weighted by atomic mass is 16.5. The molecule has 2 aromatic heterocycles. The highest BCUT2D eigenvalue weighted by Gasteiger charge is 2.26. The van der Waals surface area contributed by atoms with Crippen molar-refractivity contribution < 1.29 is 14.6 Å². The number of fused-ring (bicyclic) bond motifs is 1. The van der Waals surface area contributed by atoms with Crippen LogP contribution < -0.4 is 5.56 Å². The van der Waals surface area contributed by atoms with Crippen LogP contribution in [0.5, 0.6) is 5.75 Å². The Hall–Kier alpha value is -3.19. The van der Waals surface area contributed by atoms with Gasteiger partial charge in [0.2, 0.25) is 0 Å². The van der Waals surface area contributed by atoms with Gasteiger partial charge in [-0.1, -0.05) is 30.3 Å². The topological polar surface area (TPSA) is 95.5 Å². The number of H-pyrrole nitrogens is 1. The molecule has 1 amide bonds. The van der Waals surface area contributed by atoms with Crippen molar-refractivity contribution in [2.45, 2.75) is 6.42 Å². The Morgan fingerprint density at radius 1 is 1.19 bits per heavy atom. The Labute approximate surface area is 155 Å². The van der Waals surface area contributed by atoms with E-state index in [-0.39, 0.29) is 16.8 Å². The maximum atomic E-state index is 12.7. The van der Waals surface area contributed by atoms with E-state index in [9.17, 15) is 14.7 Å². The van der Waals surface area contributed by atoms with E-state index in [1.165, 1.54) is 4.90 Å². The number of nitrogens with one attached hydrogen (secondary N) is 1. The van der Waals surface area contributed by atoms with Gasteiger partial charge in [0.25, 0.3) is 11.5 Å². The Kier molecular flexibility index (Phi) is 4.60. The second kappa shape index (κ2) is 7.20. The van der Waals surface area contributed by atoms with Crippen LogP contribution in [0, 0.1) is 0 Å². The average molecular weight is 365 g/mol. The second-order valence-corrected chi connectivity index (χ2v) is 6.48. The van der Waals surface area contributed by atoms with Gasteiger partial charge in [-0.25, -0.2) is 0 Å². The van der Waals surface area contributed by atoms with Crippen LogP contribution in [0.2, 0.25) is 0 Å². The first kappa shape index (κ1) is 17.2. The summed E-state index contributed by atoms with van der Waals surface area (Å²) in [4.78, 5) is 33.6. The van der Waals surface area contributed by atoms with Crippen LogP contribution in [-0.4, -0.2) is 52.2 Å². The van der Waals surface area contributed by atoms with Crippen LogP contribution in [0.3, 0.4) is 0 Å². The highest BCUT2D eigenvalue weighted by Crippen LogP contribution is 2.25. The lowest BCUT2D eigenvalue weighted by atomic mass is 10.1. The first-order valence-electron chi connectivity index (χ1n) is 8.78. The number of morpholine rings is 1. The fraction of sp³-hybridized carbons (Fsp3) is 0.250. The molecule has 2 N–H and O–H groups in total. The molecular weight excluding hydrogens is 346 g/mol. The van der Waals surface area contributed by atoms with Gasteiger partial charge in [-0.15, -0.1) is 0 Å². The minimum Gasteiger partial charge on any atom is -0.505 e. The molecule has 3 heterocycles. The molecule has 7 nitrogen and oxygen atoms in total. The highest BCUT2D eigenvalue weighted by molar-refractivity contribution is 6.01. The first-order chi connectivity index (χ1) is 13.1. The molecule has 0 atom stereocenters. The van der Waals surface area contributed by atoms with Gasteiger partial charge in [-0.3, -0.25) is 14.6 Å². The molecular formula is C20H19N3O4. The maximum Gasteiger partial charge on any atom is 0.265 e. The molecule has 0 radical (unpaired) electrons. The molecule has 0 bridgehead atoms. The third kappa shape index (κ3) is 3.41. The number of aromatic amines is 1. The zero-order valence-electron chi connectivity index (χ0n) is 14.6. The lowest BCUT2D eigenvalue weighted by molar-refractivity contribution is 0.0300. The van der Waals surface area contributed by atoms with Crippen LogP contribution in [0.1, 0.15) is 21.5 Å². The summed E-state index contributed by atoms with van der Waals surface area (Å²) < 4.78 is 5.22. The van der Waals surface area contributed by atoms with Crippen LogP contribution in [0.25, 0.3) is 11.0 Å². The van der Waals surface area contributed by atoms with Crippen molar-refractivity contribution in [1.29, 1.82) is 0 Å². The molecule has 138 valence electrons. The van der Waals surface area contributed by atoms with Gasteiger partial charge in [0.1, 0.15) is 11.1 Å². The van der Waals surface area contributed by atoms with Crippen LogP contribution in [0.15, 0.2) is 47.4 Å². The smallest absolute Gasteiger partial charge is 0.265 e. The van der Waals surface area contributed by atoms with Crippen molar-refractivity contribution in [3.8, 4) is 5.75 Å². The SMILES string of the molecule is O=C(c1c(O)c2ncc(Cc3ccccc3)cc2[nH]c1=O)N1CCOCC1. The van der Waals surface area contributed by atoms with Crippen LogP contribution >= 0.6 is 0 Å². The Morgan fingerprint density at radius 3 is 2.67 bits per heavy atom. The van der Waals surface area contributed by atoms with Gasteiger partial charge in [-0.2, -0.15) is 0 Å². The number of rotatable bonds is 3. The molecule has 1 aliphatic rings. The number of hydrogen-bond donors (Lipinski definition) is 2. The van der Waals surface area contributed by atoms with Gasteiger partial charge in [0.15, 0.2) is 5.75 Å². The molecule has 0 aliphatic carbocycles. The third-order valence-electron chi connectivity index (χ3n) is 4.64. The van der Waals surface area contributed by atoms with Crippen molar-refractivity contribution in [2.75, 3.05) is 26.3 Å². The predicted octanol–water partition coefficient (Wildman–Crippen LogP) is 1.69. The lowest BCUT2D eigenvalue weighted by Crippen LogP contribution is -2.42. The third-order valence-corrected chi connectivity index (χ3v) is 4.64. The van der Waals surface area contributed by atoms with Crippen LogP contribution in [0.4, 0.5) is 0 Å². The summed E-state index contributed by atoms with van der Waals surface area (Å²) in [5.41, 5.74) is 1.75. The van der Waals surface area contributed by atoms with E-state index in [2.05, 4.69) is 9.97 Å². The van der Waals surface area contributed by atoms with Crippen molar-refractivity contribution in [2.24, 2.45) is 0 Å². The van der Waals surface area contributed by atoms with E-state index in [0.29, 0.717) is 38.2 Å². The maximum absolute atomic E-state index is 12.7. The molecule has 1 aromatic carbocycles. The number of ether oxygens (including phenoxy) is 1. The van der Waals surface area contributed by atoms with Gasteiger partial charge in [0.05, 0.1) is 18.7 Å². The number of carbonyl (C=O) groups is 1. The molecule has 1 fully saturated rings. The summed E-state index contributed by atoms with van der Waals surface area (Å²) in [5.74, 6) is -0.884. The summed E-state index contributed by atoms with van der Waals surface area (Å²) >= 11 is 0. The number of nitrogens with zero attached hydrogens (tertiary/aromatic N) is 2. The summed E-state index contributed by atoms with van der Waals surface area (Å²) in [6.45, 7) is 1.61. The van der Waals surface area contributed by atoms with Gasteiger partial charge in [0, 0.05) is 19.3 Å². The van der Waals surface area contributed by atoms with Gasteiger partial charge >= 0.3 is 0 Å². The zero-order chi connectivity index (χ0) is 18.8. The molecule has 1 saturated heterocycles. The number of benzene rings is 1. The standard InChI is InChI=1S/C20H19N3O4/c24-18-16(20(26)23-6-8-27-9-7-23)19(25)22-15-11-14(12-21-17(15)18)10-13-4-2-1-3-5-13/h1-5,11-12H,6-10H2,(H2,22,24,25). The van der Waals surface area contributed by atoms with E-state index in [1.807, 2.05) is 30.3 Å². The quantitative estimate of drug-likeness (QED) is 0.736. The molecule has 0 unspecified atom stereocenters. The van der Waals surface area contributed by atoms with E-state index >= 15 is 0 Å². The van der Waals surface area contributed by atoms with E-state index in [1.54, 1.807) is 12.3 Å². The second-order valence-electron chi connectivity index (χ2n) is 6.48. The van der Waals surface area contributed by atoms with Crippen molar-refractivity contribution in [1.82, 2.24) is 14.9 Å². The van der Waals surface area contributed by atoms with Crippen molar-refractivity contribution >= 4 is 16.9 Å². The Balaban J connectivity index is 1.70. The van der Waals surface area contributed by atoms with E-state index in [4.69, 9.17) is 4.74 Å². The summed E-state index contributed by atoms with van der Waals surface area (Å²) in [6, 6.07) is 11.7. The number of amides is 1. The normalized spacial score (nSPS) is 14.4. The van der Waals surface area contributed by atoms with Crippen LogP contribution in [-0.2, 0) is 11.2 Å². The fourth-order valence-electron chi connectivity index (χ4n) is 3.25. The molecule has 4 rings (SSSR count). The van der Waals surface area contributed by atoms with E-state index < -0.39 is 11.5 Å². The molecule has 7 heteroatoms. The summed E-state index contributed by atoms with van der Waals surface area (Å²) in [5, 5.41) is 10.6. The monoisotopic (exact) mass is 365 g/mol. The van der Waals surface area contributed by atoms with Gasteiger partial charge in [-0.05, 0) is 23.6 Å². The Morgan fingerprint density at radius 2 is 1.93 bits per heavy atom. The molecule has 1 aliphatic heterocycles. The number of pyridine rings is 2. The summed E-state index contributed by atoms with van der Waals surface area (Å²) in [6.07, 6.45) is 2.30. The zero-order valence-corrected chi connectivity index (χ0v) is 14.6. The molecule has 3 aromatic rings. The average Bonchev–Trinajstić information content (AvgIpc) is 2.69. The van der Waals surface area contributed by atoms with E-state index in [0.717, 1.165) is 11.1 Å².